The summed E-state index contributed by atoms with van der Waals surface area (Å²) in [7, 11) is -2.90. The van der Waals surface area contributed by atoms with Gasteiger partial charge in [0, 0.05) is 12.2 Å². The van der Waals surface area contributed by atoms with Crippen molar-refractivity contribution >= 4 is 30.7 Å². The first-order valence-corrected chi connectivity index (χ1v) is 17.4. The van der Waals surface area contributed by atoms with Crippen molar-refractivity contribution in [3.8, 4) is 0 Å². The molecule has 0 bridgehead atoms. The number of hydrogen-bond acceptors (Lipinski definition) is 6. The number of cyclic esters (lactones) is 1. The molecule has 1 fully saturated rings. The summed E-state index contributed by atoms with van der Waals surface area (Å²) in [5.41, 5.74) is 0.340. The average Bonchev–Trinajstić information content (AvgIpc) is 3.04. The number of nitrogens with zero attached hydrogens (tertiary/aromatic N) is 1. The van der Waals surface area contributed by atoms with E-state index in [0.717, 1.165) is 12.8 Å². The van der Waals surface area contributed by atoms with Gasteiger partial charge in [-0.05, 0) is 62.6 Å². The van der Waals surface area contributed by atoms with E-state index in [1.807, 2.05) is 0 Å². The lowest BCUT2D eigenvalue weighted by Gasteiger charge is -2.46. The maximum absolute atomic E-state index is 12.0. The van der Waals surface area contributed by atoms with Crippen LogP contribution in [0.3, 0.4) is 0 Å². The highest BCUT2D eigenvalue weighted by atomic mass is 32.3. The van der Waals surface area contributed by atoms with Gasteiger partial charge in [-0.2, -0.15) is 10.3 Å². The molecule has 1 aliphatic heterocycles. The Hall–Kier alpha value is -1.03. The Morgan fingerprint density at radius 3 is 2.55 bits per heavy atom. The second-order valence-corrected chi connectivity index (χ2v) is 18.8. The quantitative estimate of drug-likeness (QED) is 0.119. The first-order valence-electron chi connectivity index (χ1n) is 12.0. The monoisotopic (exact) mass is 505 g/mol. The highest BCUT2D eigenvalue weighted by Gasteiger charge is 2.43. The Morgan fingerprint density at radius 1 is 1.27 bits per heavy atom. The summed E-state index contributed by atoms with van der Waals surface area (Å²) in [4.78, 5) is 25.0. The lowest BCUT2D eigenvalue weighted by molar-refractivity contribution is -0.139. The molecule has 0 aromatic rings. The van der Waals surface area contributed by atoms with Gasteiger partial charge in [-0.3, -0.25) is 0 Å². The van der Waals surface area contributed by atoms with Crippen LogP contribution in [0.2, 0.25) is 18.1 Å². The molecule has 7 nitrogen and oxygen atoms in total. The zero-order valence-corrected chi connectivity index (χ0v) is 24.0. The molecule has 0 aromatic carbocycles. The van der Waals surface area contributed by atoms with Gasteiger partial charge >= 0.3 is 12.1 Å². The van der Waals surface area contributed by atoms with Crippen LogP contribution in [0, 0.1) is 0 Å². The van der Waals surface area contributed by atoms with E-state index in [1.54, 1.807) is 6.92 Å². The number of esters is 1. The van der Waals surface area contributed by atoms with E-state index < -0.39 is 30.7 Å². The predicted molar refractivity (Wildman–Crippen MR) is 139 cm³/mol. The van der Waals surface area contributed by atoms with Crippen LogP contribution in [0.25, 0.3) is 0 Å². The third-order valence-electron chi connectivity index (χ3n) is 6.34. The molecule has 0 aliphatic carbocycles. The molecule has 1 aliphatic rings. The van der Waals surface area contributed by atoms with Crippen molar-refractivity contribution in [2.75, 3.05) is 51.2 Å². The average molecular weight is 506 g/mol. The van der Waals surface area contributed by atoms with Crippen molar-refractivity contribution in [2.45, 2.75) is 77.6 Å². The number of ether oxygens (including phenoxy) is 3. The third-order valence-corrected chi connectivity index (χ3v) is 14.6. The molecule has 0 spiro atoms. The smallest absolute Gasteiger partial charge is 0.410 e. The molecule has 0 radical (unpaired) electrons. The molecule has 0 aromatic heterocycles. The van der Waals surface area contributed by atoms with E-state index in [0.29, 0.717) is 31.9 Å². The van der Waals surface area contributed by atoms with Crippen molar-refractivity contribution in [3.05, 3.63) is 12.2 Å². The van der Waals surface area contributed by atoms with Gasteiger partial charge in [0.15, 0.2) is 0 Å². The summed E-state index contributed by atoms with van der Waals surface area (Å²) < 4.78 is 23.0. The van der Waals surface area contributed by atoms with Crippen molar-refractivity contribution in [1.82, 2.24) is 4.90 Å². The molecule has 33 heavy (non-hydrogen) atoms. The molecule has 1 rings (SSSR count). The van der Waals surface area contributed by atoms with Crippen LogP contribution in [-0.2, 0) is 22.9 Å². The molecule has 194 valence electrons. The number of carbonyl (C=O) groups is 2. The lowest BCUT2D eigenvalue weighted by atomic mass is 10.1. The fourth-order valence-corrected chi connectivity index (χ4v) is 11.1. The topological polar surface area (TPSA) is 74.3 Å². The molecule has 1 saturated heterocycles. The summed E-state index contributed by atoms with van der Waals surface area (Å²) in [5, 5.41) is 0.144. The zero-order valence-electron chi connectivity index (χ0n) is 22.2. The second kappa shape index (κ2) is 13.2. The molecule has 9 heteroatoms. The standard InChI is InChI=1S/C24H47NO6SSi/c1-10-11-17-32(6,7)31-33(8,9)24(4,5)13-12-15-28-19-21-18-25(23(27)30-21)14-16-29-22(26)20(2)3/h21H,2,10-19H2,1,3-9H3. The number of unbranched alkanes of at least 4 members (excludes halogenated alkanes) is 1. The van der Waals surface area contributed by atoms with E-state index in [9.17, 15) is 9.59 Å². The lowest BCUT2D eigenvalue weighted by Crippen LogP contribution is -2.43. The maximum Gasteiger partial charge on any atom is 0.410 e. The number of rotatable bonds is 16. The first-order chi connectivity index (χ1) is 15.2. The Kier molecular flexibility index (Phi) is 12.0. The molecular weight excluding hydrogens is 458 g/mol. The highest BCUT2D eigenvalue weighted by molar-refractivity contribution is 8.29. The van der Waals surface area contributed by atoms with Crippen LogP contribution in [0.1, 0.15) is 53.4 Å². The van der Waals surface area contributed by atoms with E-state index in [-0.39, 0.29) is 17.7 Å². The van der Waals surface area contributed by atoms with Crippen LogP contribution < -0.4 is 0 Å². The molecule has 0 saturated carbocycles. The Labute approximate surface area is 204 Å². The Bertz CT molecular complexity index is 667. The van der Waals surface area contributed by atoms with Gasteiger partial charge in [0.2, 0.25) is 8.32 Å². The molecule has 1 heterocycles. The first kappa shape index (κ1) is 30.0. The fraction of sp³-hybridized carbons (Fsp3) is 0.833. The van der Waals surface area contributed by atoms with Crippen LogP contribution in [0.15, 0.2) is 12.2 Å². The van der Waals surface area contributed by atoms with Crippen molar-refractivity contribution in [1.29, 1.82) is 0 Å². The second-order valence-electron chi connectivity index (χ2n) is 10.5. The van der Waals surface area contributed by atoms with E-state index in [4.69, 9.17) is 18.1 Å². The van der Waals surface area contributed by atoms with Crippen molar-refractivity contribution in [3.63, 3.8) is 0 Å². The molecule has 0 N–H and O–H groups in total. The Balaban J connectivity index is 2.33. The molecule has 1 unspecified atom stereocenters. The molecule has 1 amide bonds. The summed E-state index contributed by atoms with van der Waals surface area (Å²) in [6.07, 6.45) is 8.33. The van der Waals surface area contributed by atoms with Gasteiger partial charge in [-0.15, -0.1) is 0 Å². The van der Waals surface area contributed by atoms with Crippen LogP contribution in [-0.4, -0.2) is 82.6 Å². The minimum atomic E-state index is -1.88. The maximum atomic E-state index is 12.0. The van der Waals surface area contributed by atoms with Crippen LogP contribution in [0.5, 0.6) is 0 Å². The van der Waals surface area contributed by atoms with Gasteiger partial charge < -0.3 is 23.0 Å². The summed E-state index contributed by atoms with van der Waals surface area (Å²) in [6.45, 7) is 18.6. The summed E-state index contributed by atoms with van der Waals surface area (Å²) in [5.74, 6) is 0.722. The SMILES string of the molecule is C=C(C)C(=O)OCCN1CC(COCCCC(C)(C)[Si](C)(C)OS(C)(C)CCCC)OC1=O. The van der Waals surface area contributed by atoms with Crippen LogP contribution in [0.4, 0.5) is 4.79 Å². The molecule has 1 atom stereocenters. The molecular formula is C24H47NO6SSi. The zero-order chi connectivity index (χ0) is 25.3. The normalized spacial score (nSPS) is 17.8. The minimum absolute atomic E-state index is 0.127. The number of amides is 1. The predicted octanol–water partition coefficient (Wildman–Crippen LogP) is 5.50. The van der Waals surface area contributed by atoms with Gasteiger partial charge in [0.25, 0.3) is 0 Å². The fourth-order valence-electron chi connectivity index (χ4n) is 3.56. The highest BCUT2D eigenvalue weighted by Crippen LogP contribution is 2.52. The van der Waals surface area contributed by atoms with Crippen LogP contribution >= 0.6 is 10.3 Å². The van der Waals surface area contributed by atoms with Gasteiger partial charge in [-0.1, -0.05) is 33.8 Å². The van der Waals surface area contributed by atoms with E-state index >= 15 is 0 Å². The third kappa shape index (κ3) is 10.4. The van der Waals surface area contributed by atoms with Gasteiger partial charge in [0.1, 0.15) is 12.7 Å². The van der Waals surface area contributed by atoms with Gasteiger partial charge in [0.05, 0.1) is 19.7 Å². The Morgan fingerprint density at radius 2 is 1.94 bits per heavy atom. The van der Waals surface area contributed by atoms with Gasteiger partial charge in [-0.25, -0.2) is 9.59 Å². The van der Waals surface area contributed by atoms with Crippen molar-refractivity contribution in [2.24, 2.45) is 0 Å². The largest absolute Gasteiger partial charge is 0.460 e. The van der Waals surface area contributed by atoms with Crippen molar-refractivity contribution < 1.29 is 27.7 Å². The van der Waals surface area contributed by atoms with E-state index in [1.165, 1.54) is 23.5 Å². The number of carbonyl (C=O) groups excluding carboxylic acids is 2. The summed E-state index contributed by atoms with van der Waals surface area (Å²) in [6, 6.07) is 0. The minimum Gasteiger partial charge on any atom is -0.460 e. The van der Waals surface area contributed by atoms with E-state index in [2.05, 4.69) is 53.0 Å². The number of hydrogen-bond donors (Lipinski definition) is 0. The summed E-state index contributed by atoms with van der Waals surface area (Å²) >= 11 is 0.